The van der Waals surface area contributed by atoms with Gasteiger partial charge in [-0.1, -0.05) is 6.92 Å². The predicted molar refractivity (Wildman–Crippen MR) is 45.8 cm³/mol. The molecule has 0 saturated carbocycles. The van der Waals surface area contributed by atoms with Gasteiger partial charge in [0.15, 0.2) is 0 Å². The minimum Gasteiger partial charge on any atom is -0.396 e. The molecule has 0 aliphatic rings. The summed E-state index contributed by atoms with van der Waals surface area (Å²) in [6.07, 6.45) is 2.17. The van der Waals surface area contributed by atoms with Crippen LogP contribution in [0.3, 0.4) is 0 Å². The maximum atomic E-state index is 11.1. The van der Waals surface area contributed by atoms with Crippen molar-refractivity contribution in [1.29, 1.82) is 0 Å². The molecule has 0 rings (SSSR count). The number of ketones is 1. The SMILES string of the molecule is CC(=O)C(C)(CC=O)CCCO. The molecule has 0 spiro atoms. The van der Waals surface area contributed by atoms with Crippen molar-refractivity contribution in [3.63, 3.8) is 0 Å². The zero-order valence-corrected chi connectivity index (χ0v) is 7.67. The Hall–Kier alpha value is -0.700. The molecule has 0 radical (unpaired) electrons. The van der Waals surface area contributed by atoms with Crippen LogP contribution in [0.4, 0.5) is 0 Å². The second kappa shape index (κ2) is 5.04. The van der Waals surface area contributed by atoms with Crippen molar-refractivity contribution in [1.82, 2.24) is 0 Å². The number of Topliss-reactive ketones (excluding diaryl/α,β-unsaturated/α-hetero) is 1. The van der Waals surface area contributed by atoms with E-state index in [1.54, 1.807) is 6.92 Å². The summed E-state index contributed by atoms with van der Waals surface area (Å²) in [4.78, 5) is 21.4. The summed E-state index contributed by atoms with van der Waals surface area (Å²) in [6.45, 7) is 3.32. The van der Waals surface area contributed by atoms with Crippen molar-refractivity contribution in [3.8, 4) is 0 Å². The van der Waals surface area contributed by atoms with Gasteiger partial charge in [0.05, 0.1) is 0 Å². The van der Waals surface area contributed by atoms with Crippen LogP contribution in [0, 0.1) is 5.41 Å². The third kappa shape index (κ3) is 3.13. The van der Waals surface area contributed by atoms with Gasteiger partial charge in [0.1, 0.15) is 12.1 Å². The van der Waals surface area contributed by atoms with Crippen LogP contribution < -0.4 is 0 Å². The molecule has 70 valence electrons. The Labute approximate surface area is 72.8 Å². The largest absolute Gasteiger partial charge is 0.396 e. The highest BCUT2D eigenvalue weighted by Crippen LogP contribution is 2.27. The second-order valence-corrected chi connectivity index (χ2v) is 3.31. The van der Waals surface area contributed by atoms with Crippen LogP contribution in [0.2, 0.25) is 0 Å². The highest BCUT2D eigenvalue weighted by Gasteiger charge is 2.28. The number of carbonyl (C=O) groups is 2. The molecular formula is C9H16O3. The fourth-order valence-corrected chi connectivity index (χ4v) is 1.07. The number of carbonyl (C=O) groups excluding carboxylic acids is 2. The summed E-state index contributed by atoms with van der Waals surface area (Å²) in [5, 5.41) is 8.58. The van der Waals surface area contributed by atoms with Gasteiger partial charge in [-0.15, -0.1) is 0 Å². The smallest absolute Gasteiger partial charge is 0.136 e. The third-order valence-corrected chi connectivity index (χ3v) is 2.27. The Bertz CT molecular complexity index is 165. The standard InChI is InChI=1S/C9H16O3/c1-8(12)9(2,5-7-11)4-3-6-10/h7,10H,3-6H2,1-2H3. The Morgan fingerprint density at radius 2 is 2.17 bits per heavy atom. The van der Waals surface area contributed by atoms with Gasteiger partial charge in [-0.05, 0) is 19.8 Å². The van der Waals surface area contributed by atoms with E-state index in [-0.39, 0.29) is 18.8 Å². The average molecular weight is 172 g/mol. The zero-order chi connectivity index (χ0) is 9.61. The van der Waals surface area contributed by atoms with Gasteiger partial charge in [-0.3, -0.25) is 4.79 Å². The van der Waals surface area contributed by atoms with E-state index in [1.807, 2.05) is 0 Å². The van der Waals surface area contributed by atoms with Crippen molar-refractivity contribution in [2.45, 2.75) is 33.1 Å². The molecule has 1 atom stereocenters. The summed E-state index contributed by atoms with van der Waals surface area (Å²) in [5.74, 6) is 0.0167. The highest BCUT2D eigenvalue weighted by molar-refractivity contribution is 5.84. The monoisotopic (exact) mass is 172 g/mol. The molecule has 0 heterocycles. The maximum absolute atomic E-state index is 11.1. The second-order valence-electron chi connectivity index (χ2n) is 3.31. The first-order valence-corrected chi connectivity index (χ1v) is 4.12. The molecule has 0 aromatic rings. The molecule has 0 aromatic heterocycles. The van der Waals surface area contributed by atoms with Gasteiger partial charge < -0.3 is 9.90 Å². The van der Waals surface area contributed by atoms with Gasteiger partial charge in [0, 0.05) is 18.4 Å². The molecule has 3 nitrogen and oxygen atoms in total. The quantitative estimate of drug-likeness (QED) is 0.607. The van der Waals surface area contributed by atoms with E-state index >= 15 is 0 Å². The van der Waals surface area contributed by atoms with E-state index in [0.29, 0.717) is 12.8 Å². The van der Waals surface area contributed by atoms with Gasteiger partial charge in [0.25, 0.3) is 0 Å². The lowest BCUT2D eigenvalue weighted by atomic mass is 9.79. The van der Waals surface area contributed by atoms with E-state index in [0.717, 1.165) is 6.29 Å². The van der Waals surface area contributed by atoms with Crippen molar-refractivity contribution in [3.05, 3.63) is 0 Å². The lowest BCUT2D eigenvalue weighted by Crippen LogP contribution is -2.26. The number of rotatable bonds is 6. The van der Waals surface area contributed by atoms with Crippen LogP contribution in [0.5, 0.6) is 0 Å². The fraction of sp³-hybridized carbons (Fsp3) is 0.778. The van der Waals surface area contributed by atoms with E-state index < -0.39 is 5.41 Å². The summed E-state index contributed by atoms with van der Waals surface area (Å²) in [5.41, 5.74) is -0.565. The minimum atomic E-state index is -0.565. The number of hydrogen-bond acceptors (Lipinski definition) is 3. The van der Waals surface area contributed by atoms with Crippen LogP contribution in [0.15, 0.2) is 0 Å². The summed E-state index contributed by atoms with van der Waals surface area (Å²) >= 11 is 0. The zero-order valence-electron chi connectivity index (χ0n) is 7.67. The van der Waals surface area contributed by atoms with Gasteiger partial charge in [0.2, 0.25) is 0 Å². The summed E-state index contributed by atoms with van der Waals surface area (Å²) in [7, 11) is 0. The van der Waals surface area contributed by atoms with Crippen LogP contribution in [0.1, 0.15) is 33.1 Å². The molecule has 0 aliphatic heterocycles. The molecule has 0 bridgehead atoms. The molecule has 1 N–H and O–H groups in total. The maximum Gasteiger partial charge on any atom is 0.136 e. The fourth-order valence-electron chi connectivity index (χ4n) is 1.07. The van der Waals surface area contributed by atoms with Crippen molar-refractivity contribution in [2.75, 3.05) is 6.61 Å². The molecule has 0 aromatic carbocycles. The summed E-state index contributed by atoms with van der Waals surface area (Å²) < 4.78 is 0. The van der Waals surface area contributed by atoms with Crippen molar-refractivity contribution in [2.24, 2.45) is 5.41 Å². The number of aliphatic hydroxyl groups excluding tert-OH is 1. The first-order chi connectivity index (χ1) is 5.56. The Morgan fingerprint density at radius 1 is 1.58 bits per heavy atom. The van der Waals surface area contributed by atoms with Crippen LogP contribution in [-0.4, -0.2) is 23.8 Å². The van der Waals surface area contributed by atoms with E-state index in [2.05, 4.69) is 0 Å². The highest BCUT2D eigenvalue weighted by atomic mass is 16.3. The Morgan fingerprint density at radius 3 is 2.50 bits per heavy atom. The number of hydrogen-bond donors (Lipinski definition) is 1. The van der Waals surface area contributed by atoms with Crippen LogP contribution in [0.25, 0.3) is 0 Å². The topological polar surface area (TPSA) is 54.4 Å². The van der Waals surface area contributed by atoms with Crippen LogP contribution in [-0.2, 0) is 9.59 Å². The Kier molecular flexibility index (Phi) is 4.74. The van der Waals surface area contributed by atoms with Gasteiger partial charge in [-0.2, -0.15) is 0 Å². The molecule has 0 amide bonds. The van der Waals surface area contributed by atoms with Gasteiger partial charge in [-0.25, -0.2) is 0 Å². The lowest BCUT2D eigenvalue weighted by molar-refractivity contribution is -0.129. The third-order valence-electron chi connectivity index (χ3n) is 2.27. The van der Waals surface area contributed by atoms with E-state index in [1.165, 1.54) is 6.92 Å². The Balaban J connectivity index is 4.17. The van der Waals surface area contributed by atoms with Crippen LogP contribution >= 0.6 is 0 Å². The first-order valence-electron chi connectivity index (χ1n) is 4.12. The molecule has 1 unspecified atom stereocenters. The molecular weight excluding hydrogens is 156 g/mol. The molecule has 3 heteroatoms. The molecule has 0 fully saturated rings. The molecule has 12 heavy (non-hydrogen) atoms. The minimum absolute atomic E-state index is 0.0167. The first kappa shape index (κ1) is 11.3. The lowest BCUT2D eigenvalue weighted by Gasteiger charge is -2.23. The normalized spacial score (nSPS) is 15.2. The van der Waals surface area contributed by atoms with E-state index in [9.17, 15) is 9.59 Å². The summed E-state index contributed by atoms with van der Waals surface area (Å²) in [6, 6.07) is 0. The van der Waals surface area contributed by atoms with Crippen molar-refractivity contribution < 1.29 is 14.7 Å². The van der Waals surface area contributed by atoms with Gasteiger partial charge >= 0.3 is 0 Å². The average Bonchev–Trinajstić information content (AvgIpc) is 2.01. The predicted octanol–water partition coefficient (Wildman–Crippen LogP) is 0.943. The van der Waals surface area contributed by atoms with Crippen molar-refractivity contribution >= 4 is 12.1 Å². The number of aliphatic hydroxyl groups is 1. The number of aldehydes is 1. The molecule has 0 saturated heterocycles. The molecule has 0 aliphatic carbocycles. The van der Waals surface area contributed by atoms with E-state index in [4.69, 9.17) is 5.11 Å².